The smallest absolute Gasteiger partial charge is 0.337 e. The number of nitrogens with zero attached hydrogens (tertiary/aromatic N) is 1. The lowest BCUT2D eigenvalue weighted by Crippen LogP contribution is -2.14. The molecule has 0 aliphatic heterocycles. The number of carbonyl (C=O) groups excluding carboxylic acids is 1. The number of fused-ring (bicyclic) bond motifs is 1. The fraction of sp³-hybridized carbons (Fsp3) is 0.188. The predicted molar refractivity (Wildman–Crippen MR) is 77.6 cm³/mol. The summed E-state index contributed by atoms with van der Waals surface area (Å²) in [6, 6.07) is 8.69. The number of hydrogen-bond acceptors (Lipinski definition) is 3. The molecule has 1 amide bonds. The maximum Gasteiger partial charge on any atom is 0.337 e. The molecule has 106 valence electrons. The van der Waals surface area contributed by atoms with Gasteiger partial charge in [0.25, 0.3) is 5.91 Å². The van der Waals surface area contributed by atoms with E-state index >= 15 is 0 Å². The fourth-order valence-corrected chi connectivity index (χ4v) is 2.50. The molecule has 1 aromatic heterocycles. The van der Waals surface area contributed by atoms with Gasteiger partial charge in [-0.3, -0.25) is 9.78 Å². The van der Waals surface area contributed by atoms with Crippen LogP contribution in [0.25, 0.3) is 0 Å². The van der Waals surface area contributed by atoms with Gasteiger partial charge in [-0.1, -0.05) is 6.07 Å². The van der Waals surface area contributed by atoms with Crippen molar-refractivity contribution in [1.29, 1.82) is 0 Å². The average Bonchev–Trinajstić information content (AvgIpc) is 2.95. The van der Waals surface area contributed by atoms with Crippen LogP contribution in [0, 0.1) is 0 Å². The highest BCUT2D eigenvalue weighted by Gasteiger charge is 2.13. The van der Waals surface area contributed by atoms with E-state index in [0.717, 1.165) is 24.9 Å². The summed E-state index contributed by atoms with van der Waals surface area (Å²) >= 11 is 0. The third-order valence-electron chi connectivity index (χ3n) is 3.60. The van der Waals surface area contributed by atoms with E-state index in [-0.39, 0.29) is 17.2 Å². The van der Waals surface area contributed by atoms with Gasteiger partial charge >= 0.3 is 5.97 Å². The number of aromatic carboxylic acids is 1. The Morgan fingerprint density at radius 1 is 1.10 bits per heavy atom. The second-order valence-electron chi connectivity index (χ2n) is 5.03. The molecule has 1 aliphatic rings. The number of nitrogens with one attached hydrogen (secondary N) is 1. The molecule has 0 spiro atoms. The topological polar surface area (TPSA) is 79.3 Å². The Hall–Kier alpha value is -2.69. The zero-order valence-corrected chi connectivity index (χ0v) is 11.3. The fourth-order valence-electron chi connectivity index (χ4n) is 2.50. The Kier molecular flexibility index (Phi) is 3.39. The van der Waals surface area contributed by atoms with Gasteiger partial charge in [-0.15, -0.1) is 0 Å². The van der Waals surface area contributed by atoms with Gasteiger partial charge in [-0.05, 0) is 54.7 Å². The first-order valence-corrected chi connectivity index (χ1v) is 6.76. The molecule has 2 aromatic rings. The van der Waals surface area contributed by atoms with Crippen LogP contribution >= 0.6 is 0 Å². The van der Waals surface area contributed by atoms with Gasteiger partial charge < -0.3 is 10.4 Å². The lowest BCUT2D eigenvalue weighted by atomic mass is 10.1. The number of pyridine rings is 1. The van der Waals surface area contributed by atoms with Gasteiger partial charge in [-0.2, -0.15) is 0 Å². The van der Waals surface area contributed by atoms with Gasteiger partial charge in [0.1, 0.15) is 5.69 Å². The third-order valence-corrected chi connectivity index (χ3v) is 3.60. The van der Waals surface area contributed by atoms with Crippen molar-refractivity contribution in [2.24, 2.45) is 0 Å². The summed E-state index contributed by atoms with van der Waals surface area (Å²) in [4.78, 5) is 26.7. The predicted octanol–water partition coefficient (Wildman–Crippen LogP) is 2.52. The molecule has 21 heavy (non-hydrogen) atoms. The molecule has 5 heteroatoms. The Bertz CT molecular complexity index is 708. The maximum absolute atomic E-state index is 12.1. The van der Waals surface area contributed by atoms with Crippen LogP contribution in [0.1, 0.15) is 38.4 Å². The average molecular weight is 282 g/mol. The number of carboxylic acids is 1. The standard InChI is InChI=1S/C16H14N2O3/c19-15(14-7-5-12(9-17-14)16(20)21)18-13-6-4-10-2-1-3-11(10)8-13/h4-9H,1-3H2,(H,18,19)(H,20,21). The zero-order valence-electron chi connectivity index (χ0n) is 11.3. The Balaban J connectivity index is 1.75. The first kappa shape index (κ1) is 13.3. The largest absolute Gasteiger partial charge is 0.478 e. The first-order chi connectivity index (χ1) is 10.1. The van der Waals surface area contributed by atoms with Crippen LogP contribution in [0.3, 0.4) is 0 Å². The summed E-state index contributed by atoms with van der Waals surface area (Å²) in [6.07, 6.45) is 4.48. The zero-order chi connectivity index (χ0) is 14.8. The summed E-state index contributed by atoms with van der Waals surface area (Å²) < 4.78 is 0. The molecule has 0 saturated carbocycles. The summed E-state index contributed by atoms with van der Waals surface area (Å²) in [5, 5.41) is 11.6. The van der Waals surface area contributed by atoms with Crippen LogP contribution in [0.4, 0.5) is 5.69 Å². The van der Waals surface area contributed by atoms with Crippen LogP contribution in [-0.2, 0) is 12.8 Å². The summed E-state index contributed by atoms with van der Waals surface area (Å²) in [5.74, 6) is -1.40. The molecule has 0 fully saturated rings. The molecular weight excluding hydrogens is 268 g/mol. The minimum Gasteiger partial charge on any atom is -0.478 e. The van der Waals surface area contributed by atoms with Gasteiger partial charge in [0.2, 0.25) is 0 Å². The van der Waals surface area contributed by atoms with E-state index in [2.05, 4.69) is 10.3 Å². The third kappa shape index (κ3) is 2.76. The van der Waals surface area contributed by atoms with Crippen LogP contribution in [0.2, 0.25) is 0 Å². The summed E-state index contributed by atoms with van der Waals surface area (Å²) in [5.41, 5.74) is 3.62. The number of carboxylic acid groups (broad SMARTS) is 1. The van der Waals surface area contributed by atoms with Crippen LogP contribution in [0.5, 0.6) is 0 Å². The van der Waals surface area contributed by atoms with E-state index in [1.165, 1.54) is 29.5 Å². The van der Waals surface area contributed by atoms with Gasteiger partial charge in [0.05, 0.1) is 5.56 Å². The molecule has 2 N–H and O–H groups in total. The molecule has 1 aromatic carbocycles. The number of hydrogen-bond donors (Lipinski definition) is 2. The van der Waals surface area contributed by atoms with E-state index in [4.69, 9.17) is 5.11 Å². The number of benzene rings is 1. The number of aryl methyl sites for hydroxylation is 2. The quantitative estimate of drug-likeness (QED) is 0.906. The van der Waals surface area contributed by atoms with Crippen LogP contribution in [-0.4, -0.2) is 22.0 Å². The second kappa shape index (κ2) is 5.36. The van der Waals surface area contributed by atoms with Crippen molar-refractivity contribution >= 4 is 17.6 Å². The van der Waals surface area contributed by atoms with Gasteiger partial charge in [0, 0.05) is 11.9 Å². The van der Waals surface area contributed by atoms with Gasteiger partial charge in [-0.25, -0.2) is 4.79 Å². The number of carbonyl (C=O) groups is 2. The highest BCUT2D eigenvalue weighted by Crippen LogP contribution is 2.25. The van der Waals surface area contributed by atoms with E-state index in [1.54, 1.807) is 0 Å². The molecule has 0 atom stereocenters. The number of amides is 1. The molecule has 0 saturated heterocycles. The monoisotopic (exact) mass is 282 g/mol. The van der Waals surface area contributed by atoms with E-state index in [9.17, 15) is 9.59 Å². The number of anilines is 1. The van der Waals surface area contributed by atoms with E-state index in [0.29, 0.717) is 0 Å². The maximum atomic E-state index is 12.1. The molecule has 0 radical (unpaired) electrons. The molecule has 1 heterocycles. The van der Waals surface area contributed by atoms with Crippen molar-refractivity contribution < 1.29 is 14.7 Å². The summed E-state index contributed by atoms with van der Waals surface area (Å²) in [7, 11) is 0. The highest BCUT2D eigenvalue weighted by molar-refractivity contribution is 6.03. The number of aromatic nitrogens is 1. The lowest BCUT2D eigenvalue weighted by molar-refractivity contribution is 0.0696. The van der Waals surface area contributed by atoms with Crippen LogP contribution in [0.15, 0.2) is 36.5 Å². The number of rotatable bonds is 3. The van der Waals surface area contributed by atoms with Crippen molar-refractivity contribution in [2.75, 3.05) is 5.32 Å². The van der Waals surface area contributed by atoms with Crippen LogP contribution < -0.4 is 5.32 Å². The minimum absolute atomic E-state index is 0.0593. The molecule has 0 unspecified atom stereocenters. The van der Waals surface area contributed by atoms with E-state index < -0.39 is 5.97 Å². The van der Waals surface area contributed by atoms with Crippen molar-refractivity contribution in [1.82, 2.24) is 4.98 Å². The first-order valence-electron chi connectivity index (χ1n) is 6.76. The Morgan fingerprint density at radius 2 is 1.90 bits per heavy atom. The highest BCUT2D eigenvalue weighted by atomic mass is 16.4. The molecule has 0 bridgehead atoms. The Labute approximate surface area is 121 Å². The second-order valence-corrected chi connectivity index (χ2v) is 5.03. The van der Waals surface area contributed by atoms with Gasteiger partial charge in [0.15, 0.2) is 0 Å². The van der Waals surface area contributed by atoms with E-state index in [1.807, 2.05) is 18.2 Å². The van der Waals surface area contributed by atoms with Crippen molar-refractivity contribution in [3.05, 3.63) is 58.9 Å². The minimum atomic E-state index is -1.06. The Morgan fingerprint density at radius 3 is 2.62 bits per heavy atom. The molecule has 1 aliphatic carbocycles. The van der Waals surface area contributed by atoms with Crippen molar-refractivity contribution in [3.63, 3.8) is 0 Å². The van der Waals surface area contributed by atoms with Crippen molar-refractivity contribution in [2.45, 2.75) is 19.3 Å². The molecule has 5 nitrogen and oxygen atoms in total. The SMILES string of the molecule is O=C(O)c1ccc(C(=O)Nc2ccc3c(c2)CCC3)nc1. The molecular formula is C16H14N2O3. The summed E-state index contributed by atoms with van der Waals surface area (Å²) in [6.45, 7) is 0. The van der Waals surface area contributed by atoms with Crippen molar-refractivity contribution in [3.8, 4) is 0 Å². The molecule has 3 rings (SSSR count). The normalized spacial score (nSPS) is 12.8. The lowest BCUT2D eigenvalue weighted by Gasteiger charge is -2.07.